The van der Waals surface area contributed by atoms with E-state index >= 15 is 0 Å². The molecule has 0 radical (unpaired) electrons. The molecule has 2 rings (SSSR count). The monoisotopic (exact) mass is 311 g/mol. The summed E-state index contributed by atoms with van der Waals surface area (Å²) in [5, 5.41) is 2.95. The van der Waals surface area contributed by atoms with Crippen molar-refractivity contribution in [2.24, 2.45) is 0 Å². The van der Waals surface area contributed by atoms with Crippen LogP contribution in [0.15, 0.2) is 42.5 Å². The number of anilines is 1. The van der Waals surface area contributed by atoms with E-state index in [1.807, 2.05) is 49.4 Å². The maximum Gasteiger partial charge on any atom is 0.262 e. The Balaban J connectivity index is 2.02. The van der Waals surface area contributed by atoms with Crippen molar-refractivity contribution < 1.29 is 9.53 Å². The Labute approximate surface area is 138 Å². The zero-order valence-electron chi connectivity index (χ0n) is 14.6. The van der Waals surface area contributed by atoms with Crippen LogP contribution in [0.3, 0.4) is 0 Å². The van der Waals surface area contributed by atoms with E-state index in [0.717, 1.165) is 16.8 Å². The van der Waals surface area contributed by atoms with Gasteiger partial charge in [0.1, 0.15) is 5.75 Å². The molecular formula is C20H25NO2. The lowest BCUT2D eigenvalue weighted by molar-refractivity contribution is -0.118. The van der Waals surface area contributed by atoms with Crippen LogP contribution in [0.5, 0.6) is 5.75 Å². The highest BCUT2D eigenvalue weighted by Crippen LogP contribution is 2.29. The van der Waals surface area contributed by atoms with E-state index in [4.69, 9.17) is 4.74 Å². The van der Waals surface area contributed by atoms with E-state index in [0.29, 0.717) is 5.75 Å². The van der Waals surface area contributed by atoms with Crippen molar-refractivity contribution in [3.05, 3.63) is 59.2 Å². The highest BCUT2D eigenvalue weighted by molar-refractivity contribution is 5.92. The first-order valence-corrected chi connectivity index (χ1v) is 7.87. The van der Waals surface area contributed by atoms with Crippen molar-refractivity contribution in [2.45, 2.75) is 40.0 Å². The topological polar surface area (TPSA) is 38.3 Å². The molecule has 0 fully saturated rings. The van der Waals surface area contributed by atoms with Crippen LogP contribution in [0.2, 0.25) is 0 Å². The van der Waals surface area contributed by atoms with Crippen LogP contribution < -0.4 is 10.1 Å². The summed E-state index contributed by atoms with van der Waals surface area (Å²) in [7, 11) is 0. The van der Waals surface area contributed by atoms with Gasteiger partial charge in [-0.2, -0.15) is 0 Å². The molecule has 3 nitrogen and oxygen atoms in total. The van der Waals surface area contributed by atoms with E-state index in [1.54, 1.807) is 0 Å². The Morgan fingerprint density at radius 1 is 1.04 bits per heavy atom. The number of hydrogen-bond acceptors (Lipinski definition) is 2. The fraction of sp³-hybridized carbons (Fsp3) is 0.350. The predicted molar refractivity (Wildman–Crippen MR) is 95.2 cm³/mol. The van der Waals surface area contributed by atoms with Crippen molar-refractivity contribution in [1.82, 2.24) is 0 Å². The zero-order chi connectivity index (χ0) is 17.0. The number of para-hydroxylation sites is 1. The Morgan fingerprint density at radius 2 is 1.74 bits per heavy atom. The zero-order valence-corrected chi connectivity index (χ0v) is 14.6. The van der Waals surface area contributed by atoms with Crippen molar-refractivity contribution in [1.29, 1.82) is 0 Å². The molecule has 0 saturated heterocycles. The van der Waals surface area contributed by atoms with Gasteiger partial charge < -0.3 is 10.1 Å². The molecule has 0 aliphatic rings. The van der Waals surface area contributed by atoms with Gasteiger partial charge in [0.2, 0.25) is 0 Å². The summed E-state index contributed by atoms with van der Waals surface area (Å²) in [6, 6.07) is 13.7. The minimum absolute atomic E-state index is 0.000970. The summed E-state index contributed by atoms with van der Waals surface area (Å²) in [5.41, 5.74) is 4.29. The largest absolute Gasteiger partial charge is 0.484 e. The number of rotatable bonds is 4. The quantitative estimate of drug-likeness (QED) is 0.895. The number of aryl methyl sites for hydroxylation is 2. The average Bonchev–Trinajstić information content (AvgIpc) is 2.48. The molecule has 0 aliphatic heterocycles. The molecule has 2 aromatic rings. The van der Waals surface area contributed by atoms with Crippen LogP contribution in [-0.2, 0) is 10.2 Å². The number of hydrogen-bond donors (Lipinski definition) is 1. The van der Waals surface area contributed by atoms with Gasteiger partial charge in [0.25, 0.3) is 5.91 Å². The lowest BCUT2D eigenvalue weighted by atomic mass is 9.86. The number of carbonyl (C=O) groups is 1. The predicted octanol–water partition coefficient (Wildman–Crippen LogP) is 4.62. The third-order valence-electron chi connectivity index (χ3n) is 3.86. The number of amides is 1. The standard InChI is InChI=1S/C20H25NO2/c1-14-10-11-16(12-15(14)2)23-13-19(22)21-18-9-7-6-8-17(18)20(3,4)5/h6-12H,13H2,1-5H3,(H,21,22). The second-order valence-electron chi connectivity index (χ2n) is 6.88. The number of benzene rings is 2. The van der Waals surface area contributed by atoms with Crippen LogP contribution in [0.1, 0.15) is 37.5 Å². The van der Waals surface area contributed by atoms with Gasteiger partial charge in [0.05, 0.1) is 0 Å². The van der Waals surface area contributed by atoms with Crippen LogP contribution in [-0.4, -0.2) is 12.5 Å². The van der Waals surface area contributed by atoms with Gasteiger partial charge in [-0.05, 0) is 54.2 Å². The highest BCUT2D eigenvalue weighted by Gasteiger charge is 2.18. The van der Waals surface area contributed by atoms with Crippen molar-refractivity contribution >= 4 is 11.6 Å². The molecule has 1 N–H and O–H groups in total. The van der Waals surface area contributed by atoms with Crippen LogP contribution in [0.4, 0.5) is 5.69 Å². The third kappa shape index (κ3) is 4.59. The Hall–Kier alpha value is -2.29. The first-order valence-electron chi connectivity index (χ1n) is 7.87. The fourth-order valence-electron chi connectivity index (χ4n) is 2.38. The molecule has 3 heteroatoms. The summed E-state index contributed by atoms with van der Waals surface area (Å²) in [5.74, 6) is 0.562. The second-order valence-corrected chi connectivity index (χ2v) is 6.88. The molecule has 122 valence electrons. The summed E-state index contributed by atoms with van der Waals surface area (Å²) in [4.78, 5) is 12.2. The molecule has 0 heterocycles. The lowest BCUT2D eigenvalue weighted by Gasteiger charge is -2.23. The van der Waals surface area contributed by atoms with Gasteiger partial charge in [-0.15, -0.1) is 0 Å². The van der Waals surface area contributed by atoms with E-state index in [-0.39, 0.29) is 17.9 Å². The van der Waals surface area contributed by atoms with E-state index < -0.39 is 0 Å². The van der Waals surface area contributed by atoms with E-state index in [9.17, 15) is 4.79 Å². The van der Waals surface area contributed by atoms with Gasteiger partial charge in [-0.1, -0.05) is 45.0 Å². The smallest absolute Gasteiger partial charge is 0.262 e. The average molecular weight is 311 g/mol. The molecule has 0 unspecified atom stereocenters. The number of nitrogens with one attached hydrogen (secondary N) is 1. The molecule has 23 heavy (non-hydrogen) atoms. The number of carbonyl (C=O) groups excluding carboxylic acids is 1. The second kappa shape index (κ2) is 6.86. The molecule has 0 saturated carbocycles. The van der Waals surface area contributed by atoms with Crippen LogP contribution in [0, 0.1) is 13.8 Å². The summed E-state index contributed by atoms with van der Waals surface area (Å²) in [6.45, 7) is 10.5. The first-order chi connectivity index (χ1) is 10.8. The summed E-state index contributed by atoms with van der Waals surface area (Å²) >= 11 is 0. The van der Waals surface area contributed by atoms with E-state index in [2.05, 4.69) is 33.0 Å². The molecule has 0 aliphatic carbocycles. The van der Waals surface area contributed by atoms with Crippen molar-refractivity contribution in [3.8, 4) is 5.75 Å². The molecule has 0 spiro atoms. The Bertz CT molecular complexity index is 699. The Morgan fingerprint density at radius 3 is 2.39 bits per heavy atom. The molecular weight excluding hydrogens is 286 g/mol. The maximum absolute atomic E-state index is 12.2. The molecule has 0 atom stereocenters. The van der Waals surface area contributed by atoms with Crippen LogP contribution in [0.25, 0.3) is 0 Å². The Kier molecular flexibility index (Phi) is 5.09. The third-order valence-corrected chi connectivity index (χ3v) is 3.86. The van der Waals surface area contributed by atoms with Crippen LogP contribution >= 0.6 is 0 Å². The molecule has 0 aromatic heterocycles. The minimum Gasteiger partial charge on any atom is -0.484 e. The van der Waals surface area contributed by atoms with E-state index in [1.165, 1.54) is 5.56 Å². The molecule has 1 amide bonds. The van der Waals surface area contributed by atoms with Gasteiger partial charge >= 0.3 is 0 Å². The normalized spacial score (nSPS) is 11.2. The molecule has 0 bridgehead atoms. The maximum atomic E-state index is 12.2. The molecule has 2 aromatic carbocycles. The lowest BCUT2D eigenvalue weighted by Crippen LogP contribution is -2.23. The van der Waals surface area contributed by atoms with Gasteiger partial charge in [0, 0.05) is 5.69 Å². The fourth-order valence-corrected chi connectivity index (χ4v) is 2.38. The first kappa shape index (κ1) is 17.1. The van der Waals surface area contributed by atoms with Gasteiger partial charge in [-0.25, -0.2) is 0 Å². The summed E-state index contributed by atoms with van der Waals surface area (Å²) in [6.07, 6.45) is 0. The van der Waals surface area contributed by atoms with Crippen molar-refractivity contribution in [3.63, 3.8) is 0 Å². The SMILES string of the molecule is Cc1ccc(OCC(=O)Nc2ccccc2C(C)(C)C)cc1C. The van der Waals surface area contributed by atoms with Crippen molar-refractivity contribution in [2.75, 3.05) is 11.9 Å². The number of ether oxygens (including phenoxy) is 1. The van der Waals surface area contributed by atoms with Gasteiger partial charge in [-0.3, -0.25) is 4.79 Å². The minimum atomic E-state index is -0.153. The van der Waals surface area contributed by atoms with Gasteiger partial charge in [0.15, 0.2) is 6.61 Å². The summed E-state index contributed by atoms with van der Waals surface area (Å²) < 4.78 is 5.59. The highest BCUT2D eigenvalue weighted by atomic mass is 16.5.